The zero-order chi connectivity index (χ0) is 13.8. The van der Waals surface area contributed by atoms with Crippen LogP contribution in [0.4, 0.5) is 0 Å². The van der Waals surface area contributed by atoms with E-state index in [1.807, 2.05) is 18.5 Å². The highest BCUT2D eigenvalue weighted by Crippen LogP contribution is 2.20. The van der Waals surface area contributed by atoms with E-state index in [0.717, 1.165) is 10.9 Å². The number of aromatic carboxylic acids is 1. The third-order valence-electron chi connectivity index (χ3n) is 2.47. The Bertz CT molecular complexity index is 565. The highest BCUT2D eigenvalue weighted by molar-refractivity contribution is 7.98. The Balaban J connectivity index is 2.02. The van der Waals surface area contributed by atoms with Crippen LogP contribution in [-0.4, -0.2) is 30.8 Å². The second-order valence-electron chi connectivity index (χ2n) is 4.19. The van der Waals surface area contributed by atoms with Gasteiger partial charge in [0.05, 0.1) is 16.3 Å². The lowest BCUT2D eigenvalue weighted by molar-refractivity contribution is 0.0696. The lowest BCUT2D eigenvalue weighted by Gasteiger charge is -2.08. The fourth-order valence-corrected chi connectivity index (χ4v) is 2.31. The number of nitrogens with zero attached hydrogens (tertiary/aromatic N) is 4. The van der Waals surface area contributed by atoms with Gasteiger partial charge in [-0.2, -0.15) is 5.10 Å². The number of pyridine rings is 1. The molecule has 2 heterocycles. The molecule has 2 rings (SSSR count). The van der Waals surface area contributed by atoms with Crippen LogP contribution in [0.15, 0.2) is 29.7 Å². The molecule has 6 nitrogen and oxygen atoms in total. The first-order chi connectivity index (χ1) is 9.08. The number of hydrogen-bond acceptors (Lipinski definition) is 5. The Morgan fingerprint density at radius 1 is 1.42 bits per heavy atom. The summed E-state index contributed by atoms with van der Waals surface area (Å²) in [5, 5.41) is 13.7. The molecule has 0 aromatic carbocycles. The van der Waals surface area contributed by atoms with Crippen molar-refractivity contribution in [2.75, 3.05) is 0 Å². The van der Waals surface area contributed by atoms with E-state index in [9.17, 15) is 4.79 Å². The van der Waals surface area contributed by atoms with Crippen LogP contribution < -0.4 is 0 Å². The third kappa shape index (κ3) is 3.31. The molecule has 0 aliphatic rings. The number of aromatic nitrogens is 4. The number of carbonyl (C=O) groups is 1. The van der Waals surface area contributed by atoms with Crippen molar-refractivity contribution in [2.24, 2.45) is 0 Å². The largest absolute Gasteiger partial charge is 0.478 e. The Kier molecular flexibility index (Phi) is 4.16. The van der Waals surface area contributed by atoms with E-state index in [2.05, 4.69) is 15.1 Å². The van der Waals surface area contributed by atoms with Crippen molar-refractivity contribution < 1.29 is 9.90 Å². The van der Waals surface area contributed by atoms with Gasteiger partial charge in [0.15, 0.2) is 0 Å². The molecular weight excluding hydrogens is 264 g/mol. The molecule has 7 heteroatoms. The Morgan fingerprint density at radius 3 is 2.79 bits per heavy atom. The van der Waals surface area contributed by atoms with Gasteiger partial charge in [-0.1, -0.05) is 11.8 Å². The van der Waals surface area contributed by atoms with E-state index in [1.54, 1.807) is 12.1 Å². The van der Waals surface area contributed by atoms with Crippen LogP contribution in [0.5, 0.6) is 0 Å². The van der Waals surface area contributed by atoms with Crippen LogP contribution in [-0.2, 0) is 5.75 Å². The molecule has 0 amide bonds. The first kappa shape index (κ1) is 13.5. The van der Waals surface area contributed by atoms with Gasteiger partial charge in [0.2, 0.25) is 0 Å². The minimum Gasteiger partial charge on any atom is -0.478 e. The van der Waals surface area contributed by atoms with E-state index < -0.39 is 5.97 Å². The summed E-state index contributed by atoms with van der Waals surface area (Å²) in [6.45, 7) is 4.09. The van der Waals surface area contributed by atoms with Gasteiger partial charge in [0.25, 0.3) is 0 Å². The standard InChI is InChI=1S/C12H14N4O2S/c1-8(2)16-10(14-7-15-16)6-19-11-4-3-9(5-13-11)12(17)18/h3-5,7-8H,6H2,1-2H3,(H,17,18). The Hall–Kier alpha value is -1.89. The van der Waals surface area contributed by atoms with Gasteiger partial charge in [0.1, 0.15) is 12.2 Å². The molecule has 0 saturated heterocycles. The van der Waals surface area contributed by atoms with Crippen molar-refractivity contribution in [3.63, 3.8) is 0 Å². The van der Waals surface area contributed by atoms with E-state index in [4.69, 9.17) is 5.11 Å². The van der Waals surface area contributed by atoms with Crippen molar-refractivity contribution in [3.05, 3.63) is 36.0 Å². The van der Waals surface area contributed by atoms with Gasteiger partial charge in [-0.15, -0.1) is 0 Å². The molecule has 0 aliphatic carbocycles. The molecule has 0 unspecified atom stereocenters. The van der Waals surface area contributed by atoms with E-state index in [-0.39, 0.29) is 11.6 Å². The highest BCUT2D eigenvalue weighted by atomic mass is 32.2. The molecule has 19 heavy (non-hydrogen) atoms. The molecule has 2 aromatic rings. The minimum absolute atomic E-state index is 0.190. The van der Waals surface area contributed by atoms with Gasteiger partial charge < -0.3 is 5.11 Å². The second kappa shape index (κ2) is 5.83. The maximum absolute atomic E-state index is 10.7. The van der Waals surface area contributed by atoms with E-state index in [1.165, 1.54) is 24.3 Å². The quantitative estimate of drug-likeness (QED) is 0.845. The first-order valence-electron chi connectivity index (χ1n) is 5.78. The molecule has 0 aliphatic heterocycles. The number of hydrogen-bond donors (Lipinski definition) is 1. The van der Waals surface area contributed by atoms with Crippen LogP contribution in [0.3, 0.4) is 0 Å². The fourth-order valence-electron chi connectivity index (χ4n) is 1.54. The molecule has 0 radical (unpaired) electrons. The molecule has 0 bridgehead atoms. The van der Waals surface area contributed by atoms with Crippen LogP contribution in [0.1, 0.15) is 36.1 Å². The van der Waals surface area contributed by atoms with Crippen molar-refractivity contribution >= 4 is 17.7 Å². The summed E-state index contributed by atoms with van der Waals surface area (Å²) in [6, 6.07) is 3.51. The molecule has 0 fully saturated rings. The Morgan fingerprint density at radius 2 is 2.21 bits per heavy atom. The van der Waals surface area contributed by atoms with Crippen molar-refractivity contribution in [2.45, 2.75) is 30.7 Å². The molecule has 0 atom stereocenters. The second-order valence-corrected chi connectivity index (χ2v) is 5.19. The van der Waals surface area contributed by atoms with Crippen LogP contribution in [0.2, 0.25) is 0 Å². The van der Waals surface area contributed by atoms with E-state index >= 15 is 0 Å². The summed E-state index contributed by atoms with van der Waals surface area (Å²) in [5.41, 5.74) is 0.190. The van der Waals surface area contributed by atoms with Crippen LogP contribution in [0, 0.1) is 0 Å². The minimum atomic E-state index is -0.969. The van der Waals surface area contributed by atoms with Gasteiger partial charge >= 0.3 is 5.97 Å². The van der Waals surface area contributed by atoms with E-state index in [0.29, 0.717) is 5.75 Å². The molecule has 1 N–H and O–H groups in total. The number of carboxylic acid groups (broad SMARTS) is 1. The zero-order valence-electron chi connectivity index (χ0n) is 10.6. The first-order valence-corrected chi connectivity index (χ1v) is 6.77. The molecular formula is C12H14N4O2S. The lowest BCUT2D eigenvalue weighted by Crippen LogP contribution is -2.07. The predicted molar refractivity (Wildman–Crippen MR) is 71.2 cm³/mol. The monoisotopic (exact) mass is 278 g/mol. The summed E-state index contributed by atoms with van der Waals surface area (Å²) in [7, 11) is 0. The maximum Gasteiger partial charge on any atom is 0.337 e. The molecule has 100 valence electrons. The lowest BCUT2D eigenvalue weighted by atomic mass is 10.3. The van der Waals surface area contributed by atoms with Crippen molar-refractivity contribution in [1.82, 2.24) is 19.7 Å². The molecule has 0 spiro atoms. The molecule has 0 saturated carbocycles. The topological polar surface area (TPSA) is 80.9 Å². The summed E-state index contributed by atoms with van der Waals surface area (Å²) in [6.07, 6.45) is 2.90. The normalized spacial score (nSPS) is 10.9. The van der Waals surface area contributed by atoms with Gasteiger partial charge in [-0.3, -0.25) is 0 Å². The van der Waals surface area contributed by atoms with Crippen molar-refractivity contribution in [1.29, 1.82) is 0 Å². The third-order valence-corrected chi connectivity index (χ3v) is 3.41. The predicted octanol–water partition coefficient (Wildman–Crippen LogP) is 2.24. The summed E-state index contributed by atoms with van der Waals surface area (Å²) >= 11 is 1.50. The Labute approximate surface area is 114 Å². The zero-order valence-corrected chi connectivity index (χ0v) is 11.5. The van der Waals surface area contributed by atoms with Gasteiger partial charge in [-0.05, 0) is 26.0 Å². The summed E-state index contributed by atoms with van der Waals surface area (Å²) < 4.78 is 1.86. The average Bonchev–Trinajstić information content (AvgIpc) is 2.85. The van der Waals surface area contributed by atoms with Crippen molar-refractivity contribution in [3.8, 4) is 0 Å². The smallest absolute Gasteiger partial charge is 0.337 e. The summed E-state index contributed by atoms with van der Waals surface area (Å²) in [5.74, 6) is 0.560. The van der Waals surface area contributed by atoms with Crippen LogP contribution >= 0.6 is 11.8 Å². The average molecular weight is 278 g/mol. The highest BCUT2D eigenvalue weighted by Gasteiger charge is 2.09. The number of thioether (sulfide) groups is 1. The number of carboxylic acids is 1. The SMILES string of the molecule is CC(C)n1ncnc1CSc1ccc(C(=O)O)cn1. The van der Waals surface area contributed by atoms with Gasteiger partial charge in [-0.25, -0.2) is 19.4 Å². The van der Waals surface area contributed by atoms with Gasteiger partial charge in [0, 0.05) is 12.2 Å². The maximum atomic E-state index is 10.7. The molecule has 2 aromatic heterocycles. The number of rotatable bonds is 5. The fraction of sp³-hybridized carbons (Fsp3) is 0.333. The van der Waals surface area contributed by atoms with Crippen LogP contribution in [0.25, 0.3) is 0 Å². The summed E-state index contributed by atoms with van der Waals surface area (Å²) in [4.78, 5) is 19.0.